The minimum Gasteiger partial charge on any atom is -0.388 e. The van der Waals surface area contributed by atoms with Crippen LogP contribution in [0.15, 0.2) is 30.3 Å². The molecule has 24 heavy (non-hydrogen) atoms. The number of likely N-dealkylation sites (tertiary alicyclic amines) is 2. The van der Waals surface area contributed by atoms with Crippen molar-refractivity contribution in [3.63, 3.8) is 0 Å². The molecule has 1 atom stereocenters. The third kappa shape index (κ3) is 4.58. The average molecular weight is 330 g/mol. The number of rotatable bonds is 4. The predicted octanol–water partition coefficient (Wildman–Crippen LogP) is 2.83. The molecule has 2 saturated heterocycles. The lowest BCUT2D eigenvalue weighted by Gasteiger charge is -2.35. The van der Waals surface area contributed by atoms with Crippen LogP contribution in [0, 0.1) is 5.92 Å². The van der Waals surface area contributed by atoms with Crippen LogP contribution in [0.2, 0.25) is 0 Å². The maximum atomic E-state index is 12.5. The highest BCUT2D eigenvalue weighted by molar-refractivity contribution is 5.78. The predicted molar refractivity (Wildman–Crippen MR) is 95.6 cm³/mol. The van der Waals surface area contributed by atoms with Crippen molar-refractivity contribution >= 4 is 5.91 Å². The second-order valence-corrected chi connectivity index (χ2v) is 7.26. The van der Waals surface area contributed by atoms with Crippen LogP contribution in [0.25, 0.3) is 0 Å². The molecule has 2 heterocycles. The zero-order valence-electron chi connectivity index (χ0n) is 14.6. The molecule has 1 aromatic carbocycles. The highest BCUT2D eigenvalue weighted by atomic mass is 16.3. The van der Waals surface area contributed by atoms with Crippen LogP contribution >= 0.6 is 0 Å². The highest BCUT2D eigenvalue weighted by Crippen LogP contribution is 2.30. The van der Waals surface area contributed by atoms with Crippen molar-refractivity contribution < 1.29 is 9.90 Å². The van der Waals surface area contributed by atoms with E-state index >= 15 is 0 Å². The van der Waals surface area contributed by atoms with Gasteiger partial charge in [0, 0.05) is 13.1 Å². The smallest absolute Gasteiger partial charge is 0.236 e. The van der Waals surface area contributed by atoms with E-state index in [0.717, 1.165) is 57.4 Å². The number of benzene rings is 1. The fraction of sp³-hybridized carbons (Fsp3) is 0.650. The van der Waals surface area contributed by atoms with Crippen molar-refractivity contribution in [1.29, 1.82) is 0 Å². The second-order valence-electron chi connectivity index (χ2n) is 7.26. The molecule has 0 aliphatic carbocycles. The van der Waals surface area contributed by atoms with E-state index in [1.807, 2.05) is 30.3 Å². The summed E-state index contributed by atoms with van der Waals surface area (Å²) in [4.78, 5) is 16.8. The van der Waals surface area contributed by atoms with E-state index in [-0.39, 0.29) is 6.10 Å². The van der Waals surface area contributed by atoms with Gasteiger partial charge in [0.15, 0.2) is 0 Å². The van der Waals surface area contributed by atoms with Crippen molar-refractivity contribution in [3.8, 4) is 0 Å². The van der Waals surface area contributed by atoms with Gasteiger partial charge in [-0.2, -0.15) is 0 Å². The largest absolute Gasteiger partial charge is 0.388 e. The van der Waals surface area contributed by atoms with Crippen LogP contribution < -0.4 is 0 Å². The van der Waals surface area contributed by atoms with Gasteiger partial charge in [-0.15, -0.1) is 0 Å². The van der Waals surface area contributed by atoms with Gasteiger partial charge in [-0.25, -0.2) is 0 Å². The standard InChI is InChI=1S/C20H30N2O2/c23-19(22-12-6-1-2-7-13-22)16-21-14-10-18(11-15-21)20(24)17-8-4-3-5-9-17/h3-5,8-9,18,20,24H,1-2,6-7,10-16H2. The summed E-state index contributed by atoms with van der Waals surface area (Å²) in [5.74, 6) is 0.593. The lowest BCUT2D eigenvalue weighted by Crippen LogP contribution is -2.44. The Morgan fingerprint density at radius 2 is 1.62 bits per heavy atom. The molecule has 0 saturated carbocycles. The summed E-state index contributed by atoms with van der Waals surface area (Å²) in [5, 5.41) is 10.6. The topological polar surface area (TPSA) is 43.8 Å². The molecule has 1 aromatic rings. The summed E-state index contributed by atoms with van der Waals surface area (Å²) in [5.41, 5.74) is 1.01. The Morgan fingerprint density at radius 1 is 1.00 bits per heavy atom. The maximum absolute atomic E-state index is 12.5. The first-order valence-electron chi connectivity index (χ1n) is 9.47. The molecule has 0 bridgehead atoms. The van der Waals surface area contributed by atoms with Crippen LogP contribution in [-0.4, -0.2) is 53.5 Å². The molecule has 0 spiro atoms. The molecule has 132 valence electrons. The monoisotopic (exact) mass is 330 g/mol. The minimum absolute atomic E-state index is 0.291. The number of piperidine rings is 1. The zero-order valence-corrected chi connectivity index (χ0v) is 14.6. The van der Waals surface area contributed by atoms with Crippen LogP contribution in [0.4, 0.5) is 0 Å². The molecular weight excluding hydrogens is 300 g/mol. The fourth-order valence-electron chi connectivity index (χ4n) is 3.96. The third-order valence-corrected chi connectivity index (χ3v) is 5.54. The second kappa shape index (κ2) is 8.63. The number of aliphatic hydroxyl groups excluding tert-OH is 1. The summed E-state index contributed by atoms with van der Waals surface area (Å²) in [6.07, 6.45) is 6.36. The Morgan fingerprint density at radius 3 is 2.25 bits per heavy atom. The number of carbonyl (C=O) groups is 1. The van der Waals surface area contributed by atoms with Crippen molar-refractivity contribution in [2.45, 2.75) is 44.6 Å². The number of carbonyl (C=O) groups excluding carboxylic acids is 1. The van der Waals surface area contributed by atoms with E-state index in [1.54, 1.807) is 0 Å². The van der Waals surface area contributed by atoms with Gasteiger partial charge < -0.3 is 10.0 Å². The summed E-state index contributed by atoms with van der Waals surface area (Å²) in [6, 6.07) is 9.94. The van der Waals surface area contributed by atoms with Crippen LogP contribution in [0.3, 0.4) is 0 Å². The summed E-state index contributed by atoms with van der Waals surface area (Å²) in [6.45, 7) is 4.24. The molecule has 0 radical (unpaired) electrons. The van der Waals surface area contributed by atoms with Gasteiger partial charge in [0.05, 0.1) is 12.6 Å². The van der Waals surface area contributed by atoms with Gasteiger partial charge in [0.1, 0.15) is 0 Å². The van der Waals surface area contributed by atoms with Crippen molar-refractivity contribution in [1.82, 2.24) is 9.80 Å². The first-order valence-corrected chi connectivity index (χ1v) is 9.47. The molecule has 1 N–H and O–H groups in total. The SMILES string of the molecule is O=C(CN1CCC(C(O)c2ccccc2)CC1)N1CCCCCC1. The van der Waals surface area contributed by atoms with Crippen LogP contribution in [0.5, 0.6) is 0 Å². The summed E-state index contributed by atoms with van der Waals surface area (Å²) >= 11 is 0. The van der Waals surface area contributed by atoms with E-state index in [1.165, 1.54) is 12.8 Å². The summed E-state index contributed by atoms with van der Waals surface area (Å²) < 4.78 is 0. The van der Waals surface area contributed by atoms with Gasteiger partial charge in [-0.3, -0.25) is 9.69 Å². The van der Waals surface area contributed by atoms with Gasteiger partial charge in [-0.1, -0.05) is 43.2 Å². The van der Waals surface area contributed by atoms with Gasteiger partial charge in [0.2, 0.25) is 5.91 Å². The van der Waals surface area contributed by atoms with E-state index in [2.05, 4.69) is 9.80 Å². The third-order valence-electron chi connectivity index (χ3n) is 5.54. The Kier molecular flexibility index (Phi) is 6.27. The number of hydrogen-bond donors (Lipinski definition) is 1. The van der Waals surface area contributed by atoms with E-state index in [9.17, 15) is 9.90 Å². The van der Waals surface area contributed by atoms with Crippen molar-refractivity contribution in [3.05, 3.63) is 35.9 Å². The number of amides is 1. The molecule has 2 fully saturated rings. The highest BCUT2D eigenvalue weighted by Gasteiger charge is 2.27. The number of aliphatic hydroxyl groups is 1. The first-order chi connectivity index (χ1) is 11.7. The molecule has 2 aliphatic heterocycles. The van der Waals surface area contributed by atoms with Gasteiger partial charge >= 0.3 is 0 Å². The fourth-order valence-corrected chi connectivity index (χ4v) is 3.96. The van der Waals surface area contributed by atoms with Gasteiger partial charge in [0.25, 0.3) is 0 Å². The molecule has 4 nitrogen and oxygen atoms in total. The molecule has 4 heteroatoms. The Labute approximate surface area is 145 Å². The number of nitrogens with zero attached hydrogens (tertiary/aromatic N) is 2. The Balaban J connectivity index is 1.45. The van der Waals surface area contributed by atoms with Crippen LogP contribution in [0.1, 0.15) is 50.2 Å². The van der Waals surface area contributed by atoms with E-state index in [0.29, 0.717) is 18.4 Å². The molecule has 0 aromatic heterocycles. The van der Waals surface area contributed by atoms with Crippen LogP contribution in [-0.2, 0) is 4.79 Å². The molecule has 1 unspecified atom stereocenters. The molecular formula is C20H30N2O2. The van der Waals surface area contributed by atoms with E-state index in [4.69, 9.17) is 0 Å². The quantitative estimate of drug-likeness (QED) is 0.923. The zero-order chi connectivity index (χ0) is 16.8. The first kappa shape index (κ1) is 17.4. The van der Waals surface area contributed by atoms with Gasteiger partial charge in [-0.05, 0) is 50.3 Å². The normalized spacial score (nSPS) is 22.1. The average Bonchev–Trinajstić information content (AvgIpc) is 2.92. The van der Waals surface area contributed by atoms with E-state index < -0.39 is 0 Å². The molecule has 2 aliphatic rings. The summed E-state index contributed by atoms with van der Waals surface area (Å²) in [7, 11) is 0. The van der Waals surface area contributed by atoms with Crippen molar-refractivity contribution in [2.75, 3.05) is 32.7 Å². The lowest BCUT2D eigenvalue weighted by molar-refractivity contribution is -0.132. The Hall–Kier alpha value is -1.39. The number of hydrogen-bond acceptors (Lipinski definition) is 3. The Bertz CT molecular complexity index is 504. The molecule has 1 amide bonds. The maximum Gasteiger partial charge on any atom is 0.236 e. The van der Waals surface area contributed by atoms with Crippen molar-refractivity contribution in [2.24, 2.45) is 5.92 Å². The lowest BCUT2D eigenvalue weighted by atomic mass is 9.87. The minimum atomic E-state index is -0.380. The molecule has 3 rings (SSSR count).